The molecule has 1 aromatic heterocycles. The van der Waals surface area contributed by atoms with Crippen molar-refractivity contribution in [2.45, 2.75) is 19.4 Å². The zero-order valence-electron chi connectivity index (χ0n) is 11.2. The van der Waals surface area contributed by atoms with Gasteiger partial charge in [-0.25, -0.2) is 0 Å². The largest absolute Gasteiger partial charge is 0.457 e. The number of carbonyl (C=O) groups excluding carboxylic acids is 1. The van der Waals surface area contributed by atoms with Crippen LogP contribution in [0.25, 0.3) is 0 Å². The molecule has 1 fully saturated rings. The molecule has 5 nitrogen and oxygen atoms in total. The van der Waals surface area contributed by atoms with E-state index in [1.54, 1.807) is 6.07 Å². The average molecular weight is 331 g/mol. The number of morpholine rings is 1. The summed E-state index contributed by atoms with van der Waals surface area (Å²) in [4.78, 5) is 14.3. The Hall–Kier alpha value is -0.850. The van der Waals surface area contributed by atoms with Crippen LogP contribution >= 0.6 is 15.9 Å². The van der Waals surface area contributed by atoms with Crippen LogP contribution < -0.4 is 5.32 Å². The zero-order valence-corrected chi connectivity index (χ0v) is 12.8. The summed E-state index contributed by atoms with van der Waals surface area (Å²) in [5, 5.41) is 2.95. The van der Waals surface area contributed by atoms with Gasteiger partial charge < -0.3 is 14.5 Å². The topological polar surface area (TPSA) is 54.7 Å². The van der Waals surface area contributed by atoms with Crippen LogP contribution in [0.5, 0.6) is 0 Å². The second-order valence-corrected chi connectivity index (χ2v) is 5.92. The van der Waals surface area contributed by atoms with Crippen LogP contribution in [-0.4, -0.2) is 49.2 Å². The van der Waals surface area contributed by atoms with E-state index in [9.17, 15) is 4.79 Å². The molecule has 0 unspecified atom stereocenters. The maximum Gasteiger partial charge on any atom is 0.255 e. The molecule has 1 aliphatic rings. The maximum atomic E-state index is 12.0. The Labute approximate surface area is 121 Å². The smallest absolute Gasteiger partial charge is 0.255 e. The van der Waals surface area contributed by atoms with E-state index in [-0.39, 0.29) is 11.4 Å². The van der Waals surface area contributed by atoms with Gasteiger partial charge in [-0.3, -0.25) is 9.69 Å². The van der Waals surface area contributed by atoms with Crippen LogP contribution in [0.1, 0.15) is 24.2 Å². The molecule has 1 N–H and O–H groups in total. The lowest BCUT2D eigenvalue weighted by atomic mass is 10.0. The molecule has 1 saturated heterocycles. The van der Waals surface area contributed by atoms with Crippen molar-refractivity contribution >= 4 is 21.8 Å². The van der Waals surface area contributed by atoms with Crippen molar-refractivity contribution in [2.24, 2.45) is 0 Å². The van der Waals surface area contributed by atoms with Crippen LogP contribution in [-0.2, 0) is 4.74 Å². The Kier molecular flexibility index (Phi) is 4.65. The number of furan rings is 1. The highest BCUT2D eigenvalue weighted by molar-refractivity contribution is 9.10. The summed E-state index contributed by atoms with van der Waals surface area (Å²) in [6.07, 6.45) is 1.49. The number of nitrogens with one attached hydrogen (secondary N) is 1. The molecular weight excluding hydrogens is 312 g/mol. The number of hydrogen-bond donors (Lipinski definition) is 1. The molecule has 0 radical (unpaired) electrons. The molecule has 1 amide bonds. The van der Waals surface area contributed by atoms with Crippen LogP contribution in [0.4, 0.5) is 0 Å². The first-order chi connectivity index (χ1) is 9.00. The number of hydrogen-bond acceptors (Lipinski definition) is 4. The molecule has 0 saturated carbocycles. The molecule has 0 atom stereocenters. The third-order valence-corrected chi connectivity index (χ3v) is 4.03. The van der Waals surface area contributed by atoms with Gasteiger partial charge in [-0.2, -0.15) is 0 Å². The number of halogens is 1. The van der Waals surface area contributed by atoms with Gasteiger partial charge in [0.15, 0.2) is 4.67 Å². The Morgan fingerprint density at radius 2 is 2.16 bits per heavy atom. The molecule has 0 spiro atoms. The first-order valence-corrected chi connectivity index (χ1v) is 7.14. The third kappa shape index (κ3) is 3.58. The first-order valence-electron chi connectivity index (χ1n) is 6.35. The Balaban J connectivity index is 1.90. The minimum absolute atomic E-state index is 0.0876. The molecular formula is C13H19BrN2O3. The number of nitrogens with zero attached hydrogens (tertiary/aromatic N) is 1. The minimum atomic E-state index is -0.123. The second-order valence-electron chi connectivity index (χ2n) is 5.20. The van der Waals surface area contributed by atoms with E-state index in [2.05, 4.69) is 40.0 Å². The van der Waals surface area contributed by atoms with E-state index in [1.807, 2.05) is 0 Å². The highest BCUT2D eigenvalue weighted by Crippen LogP contribution is 2.18. The summed E-state index contributed by atoms with van der Waals surface area (Å²) >= 11 is 3.21. The van der Waals surface area contributed by atoms with Crippen molar-refractivity contribution < 1.29 is 13.9 Å². The predicted octanol–water partition coefficient (Wildman–Crippen LogP) is 1.88. The molecule has 1 aromatic rings. The molecule has 0 aromatic carbocycles. The molecule has 2 rings (SSSR count). The van der Waals surface area contributed by atoms with Crippen molar-refractivity contribution in [3.8, 4) is 0 Å². The highest BCUT2D eigenvalue weighted by atomic mass is 79.9. The van der Waals surface area contributed by atoms with Gasteiger partial charge in [0, 0.05) is 25.2 Å². The van der Waals surface area contributed by atoms with Crippen molar-refractivity contribution in [1.82, 2.24) is 10.2 Å². The highest BCUT2D eigenvalue weighted by Gasteiger charge is 2.29. The van der Waals surface area contributed by atoms with E-state index in [4.69, 9.17) is 9.15 Å². The molecule has 19 heavy (non-hydrogen) atoms. The average Bonchev–Trinajstić information content (AvgIpc) is 2.83. The fourth-order valence-corrected chi connectivity index (χ4v) is 2.55. The van der Waals surface area contributed by atoms with Gasteiger partial charge in [-0.05, 0) is 35.8 Å². The van der Waals surface area contributed by atoms with E-state index < -0.39 is 0 Å². The Morgan fingerprint density at radius 1 is 1.47 bits per heavy atom. The molecule has 1 aliphatic heterocycles. The summed E-state index contributed by atoms with van der Waals surface area (Å²) in [7, 11) is 0. The molecule has 106 valence electrons. The summed E-state index contributed by atoms with van der Waals surface area (Å²) in [6.45, 7) is 8.15. The molecule has 2 heterocycles. The van der Waals surface area contributed by atoms with Crippen LogP contribution in [0.15, 0.2) is 21.4 Å². The number of amides is 1. The quantitative estimate of drug-likeness (QED) is 0.915. The SMILES string of the molecule is CC(C)(CNC(=O)c1ccoc1Br)N1CCOCC1. The van der Waals surface area contributed by atoms with Gasteiger partial charge in [0.1, 0.15) is 0 Å². The summed E-state index contributed by atoms with van der Waals surface area (Å²) in [6, 6.07) is 1.65. The van der Waals surface area contributed by atoms with Crippen molar-refractivity contribution in [3.63, 3.8) is 0 Å². The van der Waals surface area contributed by atoms with Crippen molar-refractivity contribution in [3.05, 3.63) is 22.6 Å². The van der Waals surface area contributed by atoms with E-state index >= 15 is 0 Å². The second kappa shape index (κ2) is 6.07. The summed E-state index contributed by atoms with van der Waals surface area (Å²) in [5.41, 5.74) is 0.438. The third-order valence-electron chi connectivity index (χ3n) is 3.41. The number of carbonyl (C=O) groups is 1. The Morgan fingerprint density at radius 3 is 2.74 bits per heavy atom. The van der Waals surface area contributed by atoms with Crippen LogP contribution in [0.2, 0.25) is 0 Å². The summed E-state index contributed by atoms with van der Waals surface area (Å²) < 4.78 is 10.9. The standard InChI is InChI=1S/C13H19BrN2O3/c1-13(2,16-4-7-18-8-5-16)9-15-12(17)10-3-6-19-11(10)14/h3,6H,4-5,7-9H2,1-2H3,(H,15,17). The minimum Gasteiger partial charge on any atom is -0.457 e. The lowest BCUT2D eigenvalue weighted by molar-refractivity contribution is -0.00923. The number of ether oxygens (including phenoxy) is 1. The van der Waals surface area contributed by atoms with E-state index in [0.29, 0.717) is 16.8 Å². The maximum absolute atomic E-state index is 12.0. The fraction of sp³-hybridized carbons (Fsp3) is 0.615. The normalized spacial score (nSPS) is 17.4. The predicted molar refractivity (Wildman–Crippen MR) is 75.2 cm³/mol. The van der Waals surface area contributed by atoms with Gasteiger partial charge in [0.2, 0.25) is 0 Å². The molecule has 0 aliphatic carbocycles. The van der Waals surface area contributed by atoms with Gasteiger partial charge in [0.25, 0.3) is 5.91 Å². The molecule has 0 bridgehead atoms. The fourth-order valence-electron chi connectivity index (χ4n) is 2.13. The van der Waals surface area contributed by atoms with E-state index in [0.717, 1.165) is 26.3 Å². The van der Waals surface area contributed by atoms with Gasteiger partial charge >= 0.3 is 0 Å². The lowest BCUT2D eigenvalue weighted by Crippen LogP contribution is -2.55. The van der Waals surface area contributed by atoms with Crippen LogP contribution in [0.3, 0.4) is 0 Å². The first kappa shape index (κ1) is 14.6. The lowest BCUT2D eigenvalue weighted by Gasteiger charge is -2.40. The van der Waals surface area contributed by atoms with Crippen LogP contribution in [0, 0.1) is 0 Å². The molecule has 6 heteroatoms. The van der Waals surface area contributed by atoms with Crippen molar-refractivity contribution in [1.29, 1.82) is 0 Å². The van der Waals surface area contributed by atoms with Gasteiger partial charge in [0.05, 0.1) is 25.0 Å². The zero-order chi connectivity index (χ0) is 13.9. The van der Waals surface area contributed by atoms with Crippen molar-refractivity contribution in [2.75, 3.05) is 32.8 Å². The Bertz CT molecular complexity index is 439. The van der Waals surface area contributed by atoms with Gasteiger partial charge in [-0.1, -0.05) is 0 Å². The van der Waals surface area contributed by atoms with E-state index in [1.165, 1.54) is 6.26 Å². The number of rotatable bonds is 4. The van der Waals surface area contributed by atoms with Gasteiger partial charge in [-0.15, -0.1) is 0 Å². The monoisotopic (exact) mass is 330 g/mol. The summed E-state index contributed by atoms with van der Waals surface area (Å²) in [5.74, 6) is -0.123.